The zero-order valence-electron chi connectivity index (χ0n) is 7.66. The Morgan fingerprint density at radius 3 is 3.08 bits per heavy atom. The summed E-state index contributed by atoms with van der Waals surface area (Å²) >= 11 is 0. The molecule has 0 saturated carbocycles. The second-order valence-electron chi connectivity index (χ2n) is 3.79. The minimum absolute atomic E-state index is 0.0750. The highest BCUT2D eigenvalue weighted by Gasteiger charge is 2.29. The second kappa shape index (κ2) is 3.44. The van der Waals surface area contributed by atoms with E-state index in [1.165, 1.54) is 0 Å². The summed E-state index contributed by atoms with van der Waals surface area (Å²) in [6.07, 6.45) is 3.74. The molecule has 3 N–H and O–H groups in total. The fraction of sp³-hybridized carbons (Fsp3) is 0.500. The zero-order chi connectivity index (χ0) is 9.15. The van der Waals surface area contributed by atoms with E-state index in [2.05, 4.69) is 10.3 Å². The summed E-state index contributed by atoms with van der Waals surface area (Å²) in [5.74, 6) is 0. The molecule has 1 atom stereocenters. The molecule has 0 aromatic carbocycles. The fourth-order valence-electron chi connectivity index (χ4n) is 1.78. The first kappa shape index (κ1) is 8.66. The van der Waals surface area contributed by atoms with Gasteiger partial charge in [0.25, 0.3) is 0 Å². The van der Waals surface area contributed by atoms with E-state index in [1.807, 2.05) is 24.4 Å². The number of nitrogens with zero attached hydrogens (tertiary/aromatic N) is 1. The molecule has 3 heteroatoms. The Balaban J connectivity index is 2.05. The molecule has 0 amide bonds. The molecule has 0 unspecified atom stereocenters. The van der Waals surface area contributed by atoms with E-state index in [-0.39, 0.29) is 5.54 Å². The quantitative estimate of drug-likeness (QED) is 0.684. The molecule has 1 aliphatic heterocycles. The molecule has 2 heterocycles. The van der Waals surface area contributed by atoms with Crippen LogP contribution in [0.15, 0.2) is 24.4 Å². The fourth-order valence-corrected chi connectivity index (χ4v) is 1.78. The van der Waals surface area contributed by atoms with Crippen LogP contribution < -0.4 is 11.1 Å². The smallest absolute Gasteiger partial charge is 0.0422 e. The van der Waals surface area contributed by atoms with Crippen LogP contribution in [0.1, 0.15) is 12.1 Å². The van der Waals surface area contributed by atoms with Gasteiger partial charge in [0.1, 0.15) is 0 Å². The third kappa shape index (κ3) is 2.05. The first-order chi connectivity index (χ1) is 6.29. The summed E-state index contributed by atoms with van der Waals surface area (Å²) in [4.78, 5) is 4.28. The number of rotatable bonds is 2. The summed E-state index contributed by atoms with van der Waals surface area (Å²) in [6.45, 7) is 1.94. The molecule has 1 aliphatic rings. The molecule has 0 aliphatic carbocycles. The highest BCUT2D eigenvalue weighted by Crippen LogP contribution is 2.15. The Morgan fingerprint density at radius 1 is 1.54 bits per heavy atom. The van der Waals surface area contributed by atoms with Gasteiger partial charge in [-0.3, -0.25) is 4.98 Å². The van der Waals surface area contributed by atoms with Crippen molar-refractivity contribution in [1.82, 2.24) is 10.3 Å². The van der Waals surface area contributed by atoms with Gasteiger partial charge in [-0.05, 0) is 25.1 Å². The number of nitrogens with two attached hydrogens (primary N) is 1. The van der Waals surface area contributed by atoms with Crippen LogP contribution in [0.2, 0.25) is 0 Å². The Labute approximate surface area is 78.4 Å². The monoisotopic (exact) mass is 177 g/mol. The molecule has 0 radical (unpaired) electrons. The van der Waals surface area contributed by atoms with E-state index in [0.29, 0.717) is 0 Å². The maximum absolute atomic E-state index is 6.19. The van der Waals surface area contributed by atoms with E-state index in [9.17, 15) is 0 Å². The predicted molar refractivity (Wildman–Crippen MR) is 52.3 cm³/mol. The van der Waals surface area contributed by atoms with Crippen LogP contribution in [-0.4, -0.2) is 23.6 Å². The molecule has 1 saturated heterocycles. The third-order valence-corrected chi connectivity index (χ3v) is 2.54. The predicted octanol–water partition coefficient (Wildman–Crippen LogP) is 0.315. The Morgan fingerprint density at radius 2 is 2.46 bits per heavy atom. The van der Waals surface area contributed by atoms with Gasteiger partial charge in [0.2, 0.25) is 0 Å². The van der Waals surface area contributed by atoms with Gasteiger partial charge < -0.3 is 11.1 Å². The van der Waals surface area contributed by atoms with E-state index in [4.69, 9.17) is 5.73 Å². The zero-order valence-corrected chi connectivity index (χ0v) is 7.66. The molecule has 1 aromatic rings. The lowest BCUT2D eigenvalue weighted by molar-refractivity contribution is 0.460. The van der Waals surface area contributed by atoms with Crippen LogP contribution in [0.3, 0.4) is 0 Å². The average Bonchev–Trinajstić information content (AvgIpc) is 2.54. The normalized spacial score (nSPS) is 27.8. The standard InChI is InChI=1S/C10H15N3/c11-10(4-6-12-8-10)7-9-3-1-2-5-13-9/h1-3,5,12H,4,6-8,11H2/t10-/m1/s1. The van der Waals surface area contributed by atoms with Crippen LogP contribution >= 0.6 is 0 Å². The lowest BCUT2D eigenvalue weighted by atomic mass is 9.94. The highest BCUT2D eigenvalue weighted by molar-refractivity contribution is 5.10. The van der Waals surface area contributed by atoms with Crippen molar-refractivity contribution >= 4 is 0 Å². The average molecular weight is 177 g/mol. The minimum atomic E-state index is -0.0750. The number of nitrogens with one attached hydrogen (secondary N) is 1. The van der Waals surface area contributed by atoms with Gasteiger partial charge in [0.15, 0.2) is 0 Å². The number of aromatic nitrogens is 1. The van der Waals surface area contributed by atoms with Crippen molar-refractivity contribution in [2.75, 3.05) is 13.1 Å². The van der Waals surface area contributed by atoms with Gasteiger partial charge in [-0.25, -0.2) is 0 Å². The maximum atomic E-state index is 6.19. The lowest BCUT2D eigenvalue weighted by Gasteiger charge is -2.21. The molecular weight excluding hydrogens is 162 g/mol. The number of pyridine rings is 1. The maximum Gasteiger partial charge on any atom is 0.0422 e. The van der Waals surface area contributed by atoms with Crippen LogP contribution in [0.4, 0.5) is 0 Å². The van der Waals surface area contributed by atoms with Crippen LogP contribution in [-0.2, 0) is 6.42 Å². The third-order valence-electron chi connectivity index (χ3n) is 2.54. The van der Waals surface area contributed by atoms with Gasteiger partial charge in [0.05, 0.1) is 0 Å². The Kier molecular flexibility index (Phi) is 2.29. The highest BCUT2D eigenvalue weighted by atomic mass is 15.0. The van der Waals surface area contributed by atoms with Crippen molar-refractivity contribution in [1.29, 1.82) is 0 Å². The van der Waals surface area contributed by atoms with E-state index >= 15 is 0 Å². The molecular formula is C10H15N3. The van der Waals surface area contributed by atoms with Crippen molar-refractivity contribution in [3.05, 3.63) is 30.1 Å². The van der Waals surface area contributed by atoms with Crippen LogP contribution in [0.5, 0.6) is 0 Å². The first-order valence-electron chi connectivity index (χ1n) is 4.68. The van der Waals surface area contributed by atoms with Gasteiger partial charge in [-0.15, -0.1) is 0 Å². The van der Waals surface area contributed by atoms with Gasteiger partial charge in [-0.2, -0.15) is 0 Å². The summed E-state index contributed by atoms with van der Waals surface area (Å²) in [5.41, 5.74) is 7.20. The first-order valence-corrected chi connectivity index (χ1v) is 4.68. The van der Waals surface area contributed by atoms with Crippen LogP contribution in [0.25, 0.3) is 0 Å². The molecule has 0 bridgehead atoms. The van der Waals surface area contributed by atoms with Gasteiger partial charge >= 0.3 is 0 Å². The molecule has 1 aromatic heterocycles. The largest absolute Gasteiger partial charge is 0.324 e. The van der Waals surface area contributed by atoms with Crippen molar-refractivity contribution in [2.24, 2.45) is 5.73 Å². The number of hydrogen-bond acceptors (Lipinski definition) is 3. The molecule has 1 fully saturated rings. The number of hydrogen-bond donors (Lipinski definition) is 2. The summed E-state index contributed by atoms with van der Waals surface area (Å²) in [7, 11) is 0. The molecule has 0 spiro atoms. The Bertz CT molecular complexity index is 265. The van der Waals surface area contributed by atoms with Crippen molar-refractivity contribution in [3.8, 4) is 0 Å². The topological polar surface area (TPSA) is 50.9 Å². The summed E-state index contributed by atoms with van der Waals surface area (Å²) < 4.78 is 0. The second-order valence-corrected chi connectivity index (χ2v) is 3.79. The van der Waals surface area contributed by atoms with Crippen LogP contribution in [0, 0.1) is 0 Å². The molecule has 3 nitrogen and oxygen atoms in total. The summed E-state index contributed by atoms with van der Waals surface area (Å²) in [6, 6.07) is 5.97. The van der Waals surface area contributed by atoms with Crippen molar-refractivity contribution < 1.29 is 0 Å². The molecule has 13 heavy (non-hydrogen) atoms. The molecule has 70 valence electrons. The summed E-state index contributed by atoms with van der Waals surface area (Å²) in [5, 5.41) is 3.28. The van der Waals surface area contributed by atoms with Gasteiger partial charge in [0, 0.05) is 30.4 Å². The lowest BCUT2D eigenvalue weighted by Crippen LogP contribution is -2.44. The van der Waals surface area contributed by atoms with Crippen molar-refractivity contribution in [3.63, 3.8) is 0 Å². The van der Waals surface area contributed by atoms with E-state index in [0.717, 1.165) is 31.6 Å². The molecule has 2 rings (SSSR count). The van der Waals surface area contributed by atoms with E-state index < -0.39 is 0 Å². The Hall–Kier alpha value is -0.930. The minimum Gasteiger partial charge on any atom is -0.324 e. The van der Waals surface area contributed by atoms with E-state index in [1.54, 1.807) is 0 Å². The SMILES string of the molecule is N[C@@]1(Cc2ccccn2)CCNC1. The van der Waals surface area contributed by atoms with Gasteiger partial charge in [-0.1, -0.05) is 6.07 Å². The van der Waals surface area contributed by atoms with Crippen molar-refractivity contribution in [2.45, 2.75) is 18.4 Å².